The number of ether oxygens (including phenoxy) is 2. The highest BCUT2D eigenvalue weighted by Gasteiger charge is 2.34. The number of nitrogens with one attached hydrogen (secondary N) is 1. The van der Waals surface area contributed by atoms with Crippen LogP contribution in [-0.2, 0) is 14.3 Å². The van der Waals surface area contributed by atoms with Crippen LogP contribution in [0.15, 0.2) is 0 Å². The summed E-state index contributed by atoms with van der Waals surface area (Å²) in [6.07, 6.45) is 2.35. The lowest BCUT2D eigenvalue weighted by atomic mass is 9.99. The molecule has 1 fully saturated rings. The molecule has 0 bridgehead atoms. The van der Waals surface area contributed by atoms with E-state index in [9.17, 15) is 4.79 Å². The Bertz CT molecular complexity index is 280. The zero-order chi connectivity index (χ0) is 14.3. The van der Waals surface area contributed by atoms with Gasteiger partial charge in [0, 0.05) is 19.7 Å². The highest BCUT2D eigenvalue weighted by molar-refractivity contribution is 5.80. The molecular formula is C14H28N2O3. The van der Waals surface area contributed by atoms with Gasteiger partial charge in [0.2, 0.25) is 0 Å². The maximum Gasteiger partial charge on any atom is 0.327 e. The van der Waals surface area contributed by atoms with Gasteiger partial charge >= 0.3 is 5.97 Å². The van der Waals surface area contributed by atoms with Crippen molar-refractivity contribution in [1.29, 1.82) is 0 Å². The highest BCUT2D eigenvalue weighted by atomic mass is 16.5. The van der Waals surface area contributed by atoms with Gasteiger partial charge in [-0.25, -0.2) is 0 Å². The smallest absolute Gasteiger partial charge is 0.327 e. The zero-order valence-electron chi connectivity index (χ0n) is 12.7. The molecule has 2 unspecified atom stereocenters. The van der Waals surface area contributed by atoms with Crippen LogP contribution < -0.4 is 5.32 Å². The first-order chi connectivity index (χ1) is 9.01. The van der Waals surface area contributed by atoms with Gasteiger partial charge in [-0.2, -0.15) is 0 Å². The van der Waals surface area contributed by atoms with E-state index in [0.717, 1.165) is 26.2 Å². The minimum absolute atomic E-state index is 0.191. The largest absolute Gasteiger partial charge is 0.465 e. The topological polar surface area (TPSA) is 50.8 Å². The van der Waals surface area contributed by atoms with E-state index in [0.29, 0.717) is 19.1 Å². The Morgan fingerprint density at radius 1 is 1.58 bits per heavy atom. The summed E-state index contributed by atoms with van der Waals surface area (Å²) in [5.41, 5.74) is -0.652. The van der Waals surface area contributed by atoms with Crippen LogP contribution in [0.3, 0.4) is 0 Å². The van der Waals surface area contributed by atoms with Crippen molar-refractivity contribution in [1.82, 2.24) is 10.2 Å². The van der Waals surface area contributed by atoms with Crippen molar-refractivity contribution in [2.24, 2.45) is 5.92 Å². The highest BCUT2D eigenvalue weighted by Crippen LogP contribution is 2.16. The van der Waals surface area contributed by atoms with Crippen molar-refractivity contribution in [3.63, 3.8) is 0 Å². The summed E-state index contributed by atoms with van der Waals surface area (Å²) < 4.78 is 10.6. The van der Waals surface area contributed by atoms with Crippen LogP contribution in [0, 0.1) is 5.92 Å². The molecule has 1 rings (SSSR count). The van der Waals surface area contributed by atoms with E-state index in [-0.39, 0.29) is 5.97 Å². The average Bonchev–Trinajstić information content (AvgIpc) is 2.39. The fraction of sp³-hybridized carbons (Fsp3) is 0.929. The molecule has 0 saturated carbocycles. The van der Waals surface area contributed by atoms with Gasteiger partial charge < -0.3 is 19.7 Å². The molecule has 1 heterocycles. The number of hydrogen-bond acceptors (Lipinski definition) is 5. The van der Waals surface area contributed by atoms with E-state index in [1.165, 1.54) is 6.42 Å². The predicted molar refractivity (Wildman–Crippen MR) is 75.1 cm³/mol. The van der Waals surface area contributed by atoms with Crippen molar-refractivity contribution in [3.8, 4) is 0 Å². The van der Waals surface area contributed by atoms with Crippen LogP contribution in [0.5, 0.6) is 0 Å². The van der Waals surface area contributed by atoms with Gasteiger partial charge in [0.15, 0.2) is 0 Å². The molecule has 112 valence electrons. The monoisotopic (exact) mass is 272 g/mol. The lowest BCUT2D eigenvalue weighted by molar-refractivity contribution is -0.151. The molecule has 0 spiro atoms. The molecule has 19 heavy (non-hydrogen) atoms. The quantitative estimate of drug-likeness (QED) is 0.697. The molecule has 1 aliphatic heterocycles. The van der Waals surface area contributed by atoms with Gasteiger partial charge in [-0.05, 0) is 46.7 Å². The first-order valence-corrected chi connectivity index (χ1v) is 7.14. The number of rotatable bonds is 7. The van der Waals surface area contributed by atoms with Crippen molar-refractivity contribution in [2.75, 3.05) is 47.0 Å². The minimum Gasteiger partial charge on any atom is -0.465 e. The Labute approximate surface area is 116 Å². The zero-order valence-corrected chi connectivity index (χ0v) is 12.7. The number of carbonyl (C=O) groups is 1. The molecule has 0 aromatic rings. The van der Waals surface area contributed by atoms with Crippen molar-refractivity contribution >= 4 is 5.97 Å². The summed E-state index contributed by atoms with van der Waals surface area (Å²) in [6, 6.07) is 0. The minimum atomic E-state index is -0.652. The molecule has 1 N–H and O–H groups in total. The van der Waals surface area contributed by atoms with Gasteiger partial charge in [-0.3, -0.25) is 4.79 Å². The average molecular weight is 272 g/mol. The van der Waals surface area contributed by atoms with Crippen molar-refractivity contribution < 1.29 is 14.3 Å². The van der Waals surface area contributed by atoms with E-state index in [1.54, 1.807) is 7.05 Å². The Morgan fingerprint density at radius 3 is 2.84 bits per heavy atom. The Morgan fingerprint density at radius 2 is 2.32 bits per heavy atom. The van der Waals surface area contributed by atoms with E-state index in [2.05, 4.69) is 10.2 Å². The molecule has 5 heteroatoms. The molecule has 0 aromatic heterocycles. The second-order valence-corrected chi connectivity index (χ2v) is 5.58. The Hall–Kier alpha value is -0.650. The lowest BCUT2D eigenvalue weighted by Crippen LogP contribution is -2.56. The van der Waals surface area contributed by atoms with Crippen LogP contribution in [0.1, 0.15) is 26.7 Å². The maximum absolute atomic E-state index is 12.0. The fourth-order valence-corrected chi connectivity index (χ4v) is 2.53. The summed E-state index contributed by atoms with van der Waals surface area (Å²) in [5.74, 6) is 0.381. The summed E-state index contributed by atoms with van der Waals surface area (Å²) >= 11 is 0. The molecule has 2 atom stereocenters. The molecule has 1 aliphatic rings. The van der Waals surface area contributed by atoms with Gasteiger partial charge in [0.05, 0.1) is 13.2 Å². The summed E-state index contributed by atoms with van der Waals surface area (Å²) in [6.45, 7) is 7.44. The molecule has 0 aliphatic carbocycles. The van der Waals surface area contributed by atoms with Crippen molar-refractivity contribution in [3.05, 3.63) is 0 Å². The van der Waals surface area contributed by atoms with E-state index in [1.807, 2.05) is 20.9 Å². The van der Waals surface area contributed by atoms with Gasteiger partial charge in [0.1, 0.15) is 5.54 Å². The van der Waals surface area contributed by atoms with Crippen LogP contribution in [-0.4, -0.2) is 63.4 Å². The number of likely N-dealkylation sites (N-methyl/N-ethyl adjacent to an activating group) is 2. The summed E-state index contributed by atoms with van der Waals surface area (Å²) in [7, 11) is 3.85. The Balaban J connectivity index is 2.46. The number of hydrogen-bond donors (Lipinski definition) is 1. The van der Waals surface area contributed by atoms with Gasteiger partial charge in [0.25, 0.3) is 0 Å². The third kappa shape index (κ3) is 5.09. The van der Waals surface area contributed by atoms with E-state index < -0.39 is 5.54 Å². The van der Waals surface area contributed by atoms with Crippen LogP contribution in [0.25, 0.3) is 0 Å². The molecular weight excluding hydrogens is 244 g/mol. The predicted octanol–water partition coefficient (Wildman–Crippen LogP) is 0.886. The van der Waals surface area contributed by atoms with E-state index in [4.69, 9.17) is 9.47 Å². The van der Waals surface area contributed by atoms with Crippen molar-refractivity contribution in [2.45, 2.75) is 32.2 Å². The SMILES string of the molecule is CCOC(=O)C(C)(CN(C)CC1CCCOC1)NC. The molecule has 0 amide bonds. The van der Waals surface area contributed by atoms with Crippen LogP contribution in [0.4, 0.5) is 0 Å². The number of nitrogens with zero attached hydrogens (tertiary/aromatic N) is 1. The normalized spacial score (nSPS) is 23.1. The lowest BCUT2D eigenvalue weighted by Gasteiger charge is -2.34. The standard InChI is InChI=1S/C14H28N2O3/c1-5-19-13(17)14(2,15-3)11-16(4)9-12-7-6-8-18-10-12/h12,15H,5-11H2,1-4H3. The second kappa shape index (κ2) is 7.82. The van der Waals surface area contributed by atoms with Gasteiger partial charge in [-0.15, -0.1) is 0 Å². The first-order valence-electron chi connectivity index (χ1n) is 7.14. The van der Waals surface area contributed by atoms with Crippen LogP contribution >= 0.6 is 0 Å². The third-order valence-corrected chi connectivity index (χ3v) is 3.69. The molecule has 5 nitrogen and oxygen atoms in total. The summed E-state index contributed by atoms with van der Waals surface area (Å²) in [5, 5.41) is 3.08. The fourth-order valence-electron chi connectivity index (χ4n) is 2.53. The first kappa shape index (κ1) is 16.4. The summed E-state index contributed by atoms with van der Waals surface area (Å²) in [4.78, 5) is 14.2. The second-order valence-electron chi connectivity index (χ2n) is 5.58. The Kier molecular flexibility index (Phi) is 6.75. The number of carbonyl (C=O) groups excluding carboxylic acids is 1. The third-order valence-electron chi connectivity index (χ3n) is 3.69. The molecule has 0 aromatic carbocycles. The maximum atomic E-state index is 12.0. The number of esters is 1. The van der Waals surface area contributed by atoms with Crippen LogP contribution in [0.2, 0.25) is 0 Å². The molecule has 0 radical (unpaired) electrons. The van der Waals surface area contributed by atoms with E-state index >= 15 is 0 Å². The van der Waals surface area contributed by atoms with Gasteiger partial charge in [-0.1, -0.05) is 0 Å². The molecule has 1 saturated heterocycles.